The van der Waals surface area contributed by atoms with Crippen LogP contribution in [0.1, 0.15) is 66.7 Å². The van der Waals surface area contributed by atoms with E-state index in [1.54, 1.807) is 18.2 Å². The van der Waals surface area contributed by atoms with Gasteiger partial charge < -0.3 is 15.8 Å². The minimum atomic E-state index is -0.663. The van der Waals surface area contributed by atoms with Gasteiger partial charge in [-0.15, -0.1) is 0 Å². The molecule has 0 aliphatic rings. The summed E-state index contributed by atoms with van der Waals surface area (Å²) in [6, 6.07) is -0.663. The molecule has 0 heterocycles. The van der Waals surface area contributed by atoms with Crippen LogP contribution in [0.2, 0.25) is 0 Å². The number of carbonyl (C=O) groups excluding carboxylic acids is 2. The largest absolute Gasteiger partial charge is 0.465 e. The van der Waals surface area contributed by atoms with Crippen LogP contribution in [-0.4, -0.2) is 37.3 Å². The fourth-order valence-electron chi connectivity index (χ4n) is 2.57. The van der Waals surface area contributed by atoms with Crippen molar-refractivity contribution in [2.75, 3.05) is 13.7 Å². The highest BCUT2D eigenvalue weighted by molar-refractivity contribution is 6.05. The van der Waals surface area contributed by atoms with Crippen LogP contribution in [0, 0.1) is 5.92 Å². The molecule has 29 heavy (non-hydrogen) atoms. The molecule has 164 valence electrons. The maximum absolute atomic E-state index is 12.2. The summed E-state index contributed by atoms with van der Waals surface area (Å²) in [5.74, 6) is -0.502. The van der Waals surface area contributed by atoms with Crippen LogP contribution in [-0.2, 0) is 14.3 Å². The standard InChI is InChI=1S/C23H39N3O3/c1-7-10-11-12-14-25-22(27)20(24)16-19(9-3)26-21(17(4)5)15-18(13-8-2)23(28)29-6/h8-9,13,15,17,20H,7,10-12,14,16,24H2,1-6H3,(H,25,27)/b13-8-,18-15+,19-9-,26-21-. The molecule has 3 N–H and O–H groups in total. The molecule has 0 aromatic rings. The van der Waals surface area contributed by atoms with Gasteiger partial charge in [0, 0.05) is 24.4 Å². The van der Waals surface area contributed by atoms with Gasteiger partial charge in [0.1, 0.15) is 0 Å². The predicted octanol–water partition coefficient (Wildman–Crippen LogP) is 4.08. The van der Waals surface area contributed by atoms with Crippen LogP contribution < -0.4 is 11.1 Å². The monoisotopic (exact) mass is 405 g/mol. The molecule has 0 fully saturated rings. The summed E-state index contributed by atoms with van der Waals surface area (Å²) >= 11 is 0. The Morgan fingerprint density at radius 3 is 2.38 bits per heavy atom. The lowest BCUT2D eigenvalue weighted by molar-refractivity contribution is -0.135. The van der Waals surface area contributed by atoms with Gasteiger partial charge >= 0.3 is 5.97 Å². The van der Waals surface area contributed by atoms with E-state index in [1.807, 2.05) is 33.8 Å². The van der Waals surface area contributed by atoms with Crippen molar-refractivity contribution in [3.63, 3.8) is 0 Å². The molecule has 6 nitrogen and oxygen atoms in total. The molecule has 6 heteroatoms. The lowest BCUT2D eigenvalue weighted by Gasteiger charge is -2.14. The number of nitrogens with one attached hydrogen (secondary N) is 1. The summed E-state index contributed by atoms with van der Waals surface area (Å²) in [5.41, 5.74) is 7.94. The first-order valence-corrected chi connectivity index (χ1v) is 10.5. The second-order valence-corrected chi connectivity index (χ2v) is 7.22. The number of unbranched alkanes of at least 4 members (excludes halogenated alkanes) is 3. The van der Waals surface area contributed by atoms with E-state index >= 15 is 0 Å². The Kier molecular flexibility index (Phi) is 14.5. The number of nitrogens with zero attached hydrogens (tertiary/aromatic N) is 1. The van der Waals surface area contributed by atoms with Crippen molar-refractivity contribution in [3.8, 4) is 0 Å². The molecule has 1 atom stereocenters. The van der Waals surface area contributed by atoms with Crippen molar-refractivity contribution < 1.29 is 14.3 Å². The highest BCUT2D eigenvalue weighted by Crippen LogP contribution is 2.13. The number of amides is 1. The van der Waals surface area contributed by atoms with E-state index in [0.29, 0.717) is 24.2 Å². The minimum Gasteiger partial charge on any atom is -0.465 e. The topological polar surface area (TPSA) is 93.8 Å². The van der Waals surface area contributed by atoms with Crippen LogP contribution in [0.25, 0.3) is 0 Å². The molecule has 1 unspecified atom stereocenters. The quantitative estimate of drug-likeness (QED) is 0.159. The van der Waals surface area contributed by atoms with Gasteiger partial charge in [-0.25, -0.2) is 4.79 Å². The highest BCUT2D eigenvalue weighted by atomic mass is 16.5. The first-order valence-electron chi connectivity index (χ1n) is 10.5. The Hall–Kier alpha value is -2.21. The second kappa shape index (κ2) is 15.7. The van der Waals surface area contributed by atoms with Crippen molar-refractivity contribution in [2.24, 2.45) is 16.6 Å². The van der Waals surface area contributed by atoms with Crippen LogP contribution >= 0.6 is 0 Å². The summed E-state index contributed by atoms with van der Waals surface area (Å²) in [6.07, 6.45) is 11.8. The summed E-state index contributed by atoms with van der Waals surface area (Å²) in [7, 11) is 1.35. The SMILES string of the molecule is C\C=C/C(=C\C(=N\C(=C/C)CC(N)C(=O)NCCCCCC)C(C)C)C(=O)OC. The molecule has 1 amide bonds. The number of hydrogen-bond acceptors (Lipinski definition) is 5. The molecule has 0 saturated carbocycles. The average molecular weight is 406 g/mol. The molecule has 0 aliphatic carbocycles. The minimum absolute atomic E-state index is 0.0819. The number of hydrogen-bond donors (Lipinski definition) is 2. The fourth-order valence-corrected chi connectivity index (χ4v) is 2.57. The third-order valence-corrected chi connectivity index (χ3v) is 4.36. The van der Waals surface area contributed by atoms with Gasteiger partial charge in [-0.1, -0.05) is 58.3 Å². The molecule has 0 aromatic heterocycles. The third-order valence-electron chi connectivity index (χ3n) is 4.36. The van der Waals surface area contributed by atoms with Gasteiger partial charge in [-0.3, -0.25) is 9.79 Å². The molecular formula is C23H39N3O3. The summed E-state index contributed by atoms with van der Waals surface area (Å²) in [4.78, 5) is 28.9. The van der Waals surface area contributed by atoms with Gasteiger partial charge in [0.05, 0.1) is 18.7 Å². The zero-order valence-electron chi connectivity index (χ0n) is 19.0. The van der Waals surface area contributed by atoms with Crippen molar-refractivity contribution in [1.29, 1.82) is 0 Å². The molecule has 0 aliphatic heterocycles. The first kappa shape index (κ1) is 26.8. The number of aliphatic imine (C=N–C) groups is 1. The van der Waals surface area contributed by atoms with Gasteiger partial charge in [-0.05, 0) is 32.3 Å². The van der Waals surface area contributed by atoms with Crippen LogP contribution in [0.4, 0.5) is 0 Å². The molecule has 0 aromatic carbocycles. The average Bonchev–Trinajstić information content (AvgIpc) is 2.70. The van der Waals surface area contributed by atoms with E-state index in [9.17, 15) is 9.59 Å². The number of allylic oxidation sites excluding steroid dienone is 3. The van der Waals surface area contributed by atoms with Crippen molar-refractivity contribution in [3.05, 3.63) is 35.6 Å². The molecular weight excluding hydrogens is 366 g/mol. The normalized spacial score (nSPS) is 14.4. The third kappa shape index (κ3) is 11.4. The summed E-state index contributed by atoms with van der Waals surface area (Å²) < 4.78 is 4.83. The number of nitrogens with two attached hydrogens (primary N) is 1. The Balaban J connectivity index is 5.22. The summed E-state index contributed by atoms with van der Waals surface area (Å²) in [6.45, 7) is 10.5. The molecule has 0 saturated heterocycles. The number of esters is 1. The molecule has 0 bridgehead atoms. The highest BCUT2D eigenvalue weighted by Gasteiger charge is 2.16. The van der Waals surface area contributed by atoms with E-state index < -0.39 is 12.0 Å². The van der Waals surface area contributed by atoms with E-state index in [1.165, 1.54) is 13.5 Å². The number of methoxy groups -OCH3 is 1. The smallest absolute Gasteiger partial charge is 0.337 e. The van der Waals surface area contributed by atoms with Gasteiger partial charge in [0.25, 0.3) is 0 Å². The zero-order valence-corrected chi connectivity index (χ0v) is 19.0. The molecule has 0 rings (SSSR count). The zero-order chi connectivity index (χ0) is 22.2. The number of carbonyl (C=O) groups is 2. The van der Waals surface area contributed by atoms with Gasteiger partial charge in [-0.2, -0.15) is 0 Å². The lowest BCUT2D eigenvalue weighted by Crippen LogP contribution is -2.41. The van der Waals surface area contributed by atoms with E-state index in [4.69, 9.17) is 10.5 Å². The van der Waals surface area contributed by atoms with Crippen molar-refractivity contribution in [1.82, 2.24) is 5.32 Å². The van der Waals surface area contributed by atoms with E-state index in [0.717, 1.165) is 25.0 Å². The number of rotatable bonds is 13. The first-order chi connectivity index (χ1) is 13.8. The van der Waals surface area contributed by atoms with E-state index in [2.05, 4.69) is 17.2 Å². The Bertz CT molecular complexity index is 631. The second-order valence-electron chi connectivity index (χ2n) is 7.22. The Labute approximate surface area is 176 Å². The maximum Gasteiger partial charge on any atom is 0.337 e. The Morgan fingerprint density at radius 2 is 1.86 bits per heavy atom. The maximum atomic E-state index is 12.2. The predicted molar refractivity (Wildman–Crippen MR) is 121 cm³/mol. The number of ether oxygens (including phenoxy) is 1. The Morgan fingerprint density at radius 1 is 1.17 bits per heavy atom. The molecule has 0 spiro atoms. The van der Waals surface area contributed by atoms with Crippen LogP contribution in [0.15, 0.2) is 40.6 Å². The molecule has 0 radical (unpaired) electrons. The van der Waals surface area contributed by atoms with E-state index in [-0.39, 0.29) is 11.8 Å². The van der Waals surface area contributed by atoms with Crippen LogP contribution in [0.3, 0.4) is 0 Å². The lowest BCUT2D eigenvalue weighted by atomic mass is 10.0. The van der Waals surface area contributed by atoms with Gasteiger partial charge in [0.15, 0.2) is 0 Å². The fraction of sp³-hybridized carbons (Fsp3) is 0.609. The van der Waals surface area contributed by atoms with Gasteiger partial charge in [0.2, 0.25) is 5.91 Å². The summed E-state index contributed by atoms with van der Waals surface area (Å²) in [5, 5.41) is 2.90. The van der Waals surface area contributed by atoms with Crippen molar-refractivity contribution >= 4 is 17.6 Å². The van der Waals surface area contributed by atoms with Crippen LogP contribution in [0.5, 0.6) is 0 Å². The van der Waals surface area contributed by atoms with Crippen molar-refractivity contribution in [2.45, 2.75) is 72.8 Å².